The summed E-state index contributed by atoms with van der Waals surface area (Å²) in [5.74, 6) is 1.44. The first-order valence-electron chi connectivity index (χ1n) is 7.39. The monoisotopic (exact) mass is 240 g/mol. The Bertz CT molecular complexity index is 216. The van der Waals surface area contributed by atoms with Crippen LogP contribution in [0.15, 0.2) is 0 Å². The molecule has 0 radical (unpaired) electrons. The van der Waals surface area contributed by atoms with Crippen molar-refractivity contribution in [1.82, 2.24) is 10.6 Å². The predicted octanol–water partition coefficient (Wildman–Crippen LogP) is 1.52. The lowest BCUT2D eigenvalue weighted by molar-refractivity contribution is 0.250. The lowest BCUT2D eigenvalue weighted by atomic mass is 9.92. The van der Waals surface area contributed by atoms with Gasteiger partial charge in [0.05, 0.1) is 0 Å². The highest BCUT2D eigenvalue weighted by atomic mass is 16.3. The molecule has 3 N–H and O–H groups in total. The molecule has 2 aliphatic rings. The minimum Gasteiger partial charge on any atom is -0.396 e. The molecule has 1 aliphatic carbocycles. The summed E-state index contributed by atoms with van der Waals surface area (Å²) < 4.78 is 0. The molecule has 0 aromatic carbocycles. The summed E-state index contributed by atoms with van der Waals surface area (Å²) in [6.45, 7) is 4.82. The van der Waals surface area contributed by atoms with E-state index >= 15 is 0 Å². The fourth-order valence-electron chi connectivity index (χ4n) is 3.48. The molecule has 1 heterocycles. The topological polar surface area (TPSA) is 44.3 Å². The first-order valence-corrected chi connectivity index (χ1v) is 7.39. The van der Waals surface area contributed by atoms with Crippen LogP contribution in [0.1, 0.15) is 45.4 Å². The molecular formula is C14H28N2O. The van der Waals surface area contributed by atoms with Crippen molar-refractivity contribution in [2.75, 3.05) is 19.7 Å². The first-order chi connectivity index (χ1) is 8.31. The van der Waals surface area contributed by atoms with Gasteiger partial charge in [0.15, 0.2) is 0 Å². The lowest BCUT2D eigenvalue weighted by Gasteiger charge is -2.27. The molecule has 0 aromatic rings. The van der Waals surface area contributed by atoms with E-state index in [1.807, 2.05) is 0 Å². The third kappa shape index (κ3) is 3.67. The van der Waals surface area contributed by atoms with E-state index in [1.54, 1.807) is 0 Å². The third-order valence-corrected chi connectivity index (χ3v) is 4.54. The number of hydrogen-bond donors (Lipinski definition) is 3. The maximum absolute atomic E-state index is 8.92. The summed E-state index contributed by atoms with van der Waals surface area (Å²) in [6, 6.07) is 1.48. The number of aliphatic hydroxyl groups is 1. The van der Waals surface area contributed by atoms with E-state index in [9.17, 15) is 0 Å². The zero-order chi connectivity index (χ0) is 12.1. The summed E-state index contributed by atoms with van der Waals surface area (Å²) >= 11 is 0. The Morgan fingerprint density at radius 2 is 2.18 bits per heavy atom. The second-order valence-electron chi connectivity index (χ2n) is 5.93. The Kier molecular flexibility index (Phi) is 5.26. The van der Waals surface area contributed by atoms with E-state index in [1.165, 1.54) is 38.6 Å². The summed E-state index contributed by atoms with van der Waals surface area (Å²) in [5.41, 5.74) is 0. The molecule has 2 fully saturated rings. The minimum atomic E-state index is 0.321. The van der Waals surface area contributed by atoms with Gasteiger partial charge in [-0.15, -0.1) is 0 Å². The van der Waals surface area contributed by atoms with Crippen LogP contribution >= 0.6 is 0 Å². The van der Waals surface area contributed by atoms with E-state index < -0.39 is 0 Å². The van der Waals surface area contributed by atoms with E-state index in [2.05, 4.69) is 17.6 Å². The highest BCUT2D eigenvalue weighted by Crippen LogP contribution is 2.31. The van der Waals surface area contributed by atoms with Crippen molar-refractivity contribution in [1.29, 1.82) is 0 Å². The van der Waals surface area contributed by atoms with E-state index in [0.717, 1.165) is 24.9 Å². The summed E-state index contributed by atoms with van der Waals surface area (Å²) in [6.07, 6.45) is 7.77. The maximum atomic E-state index is 8.92. The standard InChI is InChI=1S/C14H28N2O/c1-11(7-9-17)10-16-14-5-2-4-12(14)13-6-3-8-15-13/h11-17H,2-10H2,1H3. The molecule has 2 rings (SSSR count). The Balaban J connectivity index is 1.74. The van der Waals surface area contributed by atoms with Crippen molar-refractivity contribution in [3.8, 4) is 0 Å². The van der Waals surface area contributed by atoms with Crippen molar-refractivity contribution in [2.45, 2.75) is 57.5 Å². The Labute approximate surface area is 105 Å². The van der Waals surface area contributed by atoms with E-state index in [-0.39, 0.29) is 0 Å². The first kappa shape index (κ1) is 13.3. The van der Waals surface area contributed by atoms with Crippen molar-refractivity contribution >= 4 is 0 Å². The van der Waals surface area contributed by atoms with Crippen molar-refractivity contribution < 1.29 is 5.11 Å². The number of nitrogens with one attached hydrogen (secondary N) is 2. The highest BCUT2D eigenvalue weighted by Gasteiger charge is 2.34. The predicted molar refractivity (Wildman–Crippen MR) is 71.0 cm³/mol. The van der Waals surface area contributed by atoms with Gasteiger partial charge in [0.1, 0.15) is 0 Å². The van der Waals surface area contributed by atoms with Gasteiger partial charge in [-0.2, -0.15) is 0 Å². The van der Waals surface area contributed by atoms with Gasteiger partial charge in [0.2, 0.25) is 0 Å². The zero-order valence-electron chi connectivity index (χ0n) is 11.1. The van der Waals surface area contributed by atoms with Gasteiger partial charge in [0, 0.05) is 18.7 Å². The third-order valence-electron chi connectivity index (χ3n) is 4.54. The minimum absolute atomic E-state index is 0.321. The van der Waals surface area contributed by atoms with Crippen LogP contribution in [-0.2, 0) is 0 Å². The van der Waals surface area contributed by atoms with Crippen molar-refractivity contribution in [3.05, 3.63) is 0 Å². The van der Waals surface area contributed by atoms with Gasteiger partial charge in [-0.25, -0.2) is 0 Å². The van der Waals surface area contributed by atoms with Gasteiger partial charge in [-0.1, -0.05) is 13.3 Å². The zero-order valence-corrected chi connectivity index (χ0v) is 11.1. The molecule has 3 heteroatoms. The lowest BCUT2D eigenvalue weighted by Crippen LogP contribution is -2.43. The second kappa shape index (κ2) is 6.72. The van der Waals surface area contributed by atoms with Gasteiger partial charge < -0.3 is 15.7 Å². The maximum Gasteiger partial charge on any atom is 0.0434 e. The van der Waals surface area contributed by atoms with Crippen LogP contribution < -0.4 is 10.6 Å². The normalized spacial score (nSPS) is 35.3. The van der Waals surface area contributed by atoms with Crippen LogP contribution in [0.2, 0.25) is 0 Å². The summed E-state index contributed by atoms with van der Waals surface area (Å²) in [7, 11) is 0. The molecule has 1 saturated heterocycles. The van der Waals surface area contributed by atoms with Crippen molar-refractivity contribution in [2.24, 2.45) is 11.8 Å². The van der Waals surface area contributed by atoms with Gasteiger partial charge in [-0.05, 0) is 57.0 Å². The number of aliphatic hydroxyl groups excluding tert-OH is 1. The Hall–Kier alpha value is -0.120. The Morgan fingerprint density at radius 3 is 2.88 bits per heavy atom. The number of hydrogen-bond acceptors (Lipinski definition) is 3. The average Bonchev–Trinajstić information content (AvgIpc) is 2.97. The van der Waals surface area contributed by atoms with Crippen LogP contribution in [0.25, 0.3) is 0 Å². The van der Waals surface area contributed by atoms with Crippen LogP contribution in [0.5, 0.6) is 0 Å². The van der Waals surface area contributed by atoms with Gasteiger partial charge in [0.25, 0.3) is 0 Å². The SMILES string of the molecule is CC(CCO)CNC1CCCC1C1CCCN1. The van der Waals surface area contributed by atoms with Crippen molar-refractivity contribution in [3.63, 3.8) is 0 Å². The molecule has 4 atom stereocenters. The summed E-state index contributed by atoms with van der Waals surface area (Å²) in [5, 5.41) is 16.3. The summed E-state index contributed by atoms with van der Waals surface area (Å²) in [4.78, 5) is 0. The quantitative estimate of drug-likeness (QED) is 0.659. The number of rotatable bonds is 6. The second-order valence-corrected chi connectivity index (χ2v) is 5.93. The molecule has 1 aliphatic heterocycles. The largest absolute Gasteiger partial charge is 0.396 e. The van der Waals surface area contributed by atoms with Crippen LogP contribution in [0, 0.1) is 11.8 Å². The molecule has 0 amide bonds. The van der Waals surface area contributed by atoms with Crippen LogP contribution in [-0.4, -0.2) is 36.9 Å². The van der Waals surface area contributed by atoms with Gasteiger partial charge >= 0.3 is 0 Å². The molecule has 100 valence electrons. The fourth-order valence-corrected chi connectivity index (χ4v) is 3.48. The molecule has 1 saturated carbocycles. The molecule has 0 bridgehead atoms. The van der Waals surface area contributed by atoms with Crippen LogP contribution in [0.4, 0.5) is 0 Å². The smallest absolute Gasteiger partial charge is 0.0434 e. The molecule has 0 spiro atoms. The van der Waals surface area contributed by atoms with E-state index in [0.29, 0.717) is 18.6 Å². The van der Waals surface area contributed by atoms with Gasteiger partial charge in [-0.3, -0.25) is 0 Å². The average molecular weight is 240 g/mol. The van der Waals surface area contributed by atoms with Crippen LogP contribution in [0.3, 0.4) is 0 Å². The van der Waals surface area contributed by atoms with E-state index in [4.69, 9.17) is 5.11 Å². The molecule has 4 unspecified atom stereocenters. The molecular weight excluding hydrogens is 212 g/mol. The molecule has 0 aromatic heterocycles. The Morgan fingerprint density at radius 1 is 1.29 bits per heavy atom. The highest BCUT2D eigenvalue weighted by molar-refractivity contribution is 4.93. The molecule has 3 nitrogen and oxygen atoms in total. The molecule has 17 heavy (non-hydrogen) atoms. The fraction of sp³-hybridized carbons (Fsp3) is 1.00.